The molecule has 1 rings (SSSR count). The molecule has 0 fully saturated rings. The average molecular weight is 324 g/mol. The molecule has 1 aromatic carbocycles. The first-order valence-corrected chi connectivity index (χ1v) is 8.11. The van der Waals surface area contributed by atoms with Crippen LogP contribution in [0.5, 0.6) is 0 Å². The molecule has 0 saturated heterocycles. The van der Waals surface area contributed by atoms with Crippen molar-refractivity contribution in [3.63, 3.8) is 0 Å². The number of nitrogens with two attached hydrogens (primary N) is 1. The summed E-state index contributed by atoms with van der Waals surface area (Å²) in [5.41, 5.74) is 4.16. The number of hydrogen-bond acceptors (Lipinski definition) is 3. The van der Waals surface area contributed by atoms with E-state index >= 15 is 0 Å². The van der Waals surface area contributed by atoms with Crippen LogP contribution in [0.1, 0.15) is 31.4 Å². The highest BCUT2D eigenvalue weighted by Gasteiger charge is 2.33. The molecule has 0 aliphatic rings. The smallest absolute Gasteiger partial charge is 0.326 e. The fourth-order valence-electron chi connectivity index (χ4n) is 1.70. The van der Waals surface area contributed by atoms with E-state index < -0.39 is 21.8 Å². The van der Waals surface area contributed by atoms with Gasteiger partial charge in [0.15, 0.2) is 0 Å². The highest BCUT2D eigenvalue weighted by molar-refractivity contribution is 7.92. The largest absolute Gasteiger partial charge is 0.416 e. The van der Waals surface area contributed by atoms with Crippen LogP contribution in [0.25, 0.3) is 0 Å². The molecular weight excluding hydrogens is 305 g/mol. The van der Waals surface area contributed by atoms with Crippen molar-refractivity contribution in [1.82, 2.24) is 0 Å². The van der Waals surface area contributed by atoms with Gasteiger partial charge in [0.1, 0.15) is 0 Å². The van der Waals surface area contributed by atoms with E-state index in [1.165, 1.54) is 12.1 Å². The molecule has 21 heavy (non-hydrogen) atoms. The van der Waals surface area contributed by atoms with Crippen LogP contribution in [0.2, 0.25) is 0 Å². The number of benzene rings is 1. The summed E-state index contributed by atoms with van der Waals surface area (Å²) in [6, 6.07) is 3.24. The molecule has 8 heteroatoms. The fraction of sp³-hybridized carbons (Fsp3) is 0.538. The monoisotopic (exact) mass is 324 g/mol. The lowest BCUT2D eigenvalue weighted by molar-refractivity contribution is -0.138. The van der Waals surface area contributed by atoms with Crippen molar-refractivity contribution in [2.75, 3.05) is 10.5 Å². The third-order valence-electron chi connectivity index (χ3n) is 2.87. The van der Waals surface area contributed by atoms with Crippen LogP contribution in [0, 0.1) is 5.92 Å². The molecule has 0 bridgehead atoms. The standard InChI is InChI=1S/C13H19F3N2O2S/c1-9(2)5-6-21(19,20)18-11-4-3-10(8-17)12(7-11)13(14,15)16/h3-4,7,9,18H,5-6,8,17H2,1-2H3. The minimum atomic E-state index is -4.58. The van der Waals surface area contributed by atoms with Crippen LogP contribution in [-0.4, -0.2) is 14.2 Å². The number of rotatable bonds is 6. The van der Waals surface area contributed by atoms with Gasteiger partial charge in [-0.3, -0.25) is 4.72 Å². The first kappa shape index (κ1) is 17.8. The van der Waals surface area contributed by atoms with Crippen LogP contribution in [0.4, 0.5) is 18.9 Å². The summed E-state index contributed by atoms with van der Waals surface area (Å²) in [5.74, 6) is 0.0527. The molecule has 3 N–H and O–H groups in total. The third kappa shape index (κ3) is 5.55. The Bertz CT molecular complexity index is 584. The Kier molecular flexibility index (Phi) is 5.63. The summed E-state index contributed by atoms with van der Waals surface area (Å²) in [4.78, 5) is 0. The lowest BCUT2D eigenvalue weighted by atomic mass is 10.1. The summed E-state index contributed by atoms with van der Waals surface area (Å²) in [5, 5.41) is 0. The summed E-state index contributed by atoms with van der Waals surface area (Å²) in [6.45, 7) is 3.47. The summed E-state index contributed by atoms with van der Waals surface area (Å²) in [7, 11) is -3.66. The zero-order chi connectivity index (χ0) is 16.3. The Hall–Kier alpha value is -1.28. The number of sulfonamides is 1. The van der Waals surface area contributed by atoms with E-state index in [9.17, 15) is 21.6 Å². The molecule has 4 nitrogen and oxygen atoms in total. The van der Waals surface area contributed by atoms with Gasteiger partial charge in [0.05, 0.1) is 11.3 Å². The molecule has 0 saturated carbocycles. The van der Waals surface area contributed by atoms with E-state index in [4.69, 9.17) is 5.73 Å². The SMILES string of the molecule is CC(C)CCS(=O)(=O)Nc1ccc(CN)c(C(F)(F)F)c1. The maximum atomic E-state index is 12.9. The Morgan fingerprint density at radius 2 is 1.90 bits per heavy atom. The highest BCUT2D eigenvalue weighted by atomic mass is 32.2. The zero-order valence-corrected chi connectivity index (χ0v) is 12.7. The van der Waals surface area contributed by atoms with Gasteiger partial charge >= 0.3 is 6.18 Å². The van der Waals surface area contributed by atoms with E-state index in [0.717, 1.165) is 6.07 Å². The Balaban J connectivity index is 3.00. The van der Waals surface area contributed by atoms with Gasteiger partial charge in [0.25, 0.3) is 0 Å². The first-order chi connectivity index (χ1) is 9.55. The minimum Gasteiger partial charge on any atom is -0.326 e. The van der Waals surface area contributed by atoms with Crippen molar-refractivity contribution in [2.24, 2.45) is 11.7 Å². The van der Waals surface area contributed by atoms with E-state index in [2.05, 4.69) is 4.72 Å². The molecule has 0 atom stereocenters. The average Bonchev–Trinajstić information content (AvgIpc) is 2.35. The second-order valence-corrected chi connectivity index (χ2v) is 7.02. The molecule has 0 amide bonds. The summed E-state index contributed by atoms with van der Waals surface area (Å²) in [6.07, 6.45) is -4.14. The van der Waals surface area contributed by atoms with Gasteiger partial charge in [-0.25, -0.2) is 8.42 Å². The topological polar surface area (TPSA) is 72.2 Å². The van der Waals surface area contributed by atoms with Crippen LogP contribution in [0.15, 0.2) is 18.2 Å². The van der Waals surface area contributed by atoms with Gasteiger partial charge in [-0.2, -0.15) is 13.2 Å². The number of alkyl halides is 3. The molecular formula is C13H19F3N2O2S. The van der Waals surface area contributed by atoms with E-state index in [-0.39, 0.29) is 29.5 Å². The van der Waals surface area contributed by atoms with Crippen molar-refractivity contribution in [3.8, 4) is 0 Å². The van der Waals surface area contributed by atoms with Crippen molar-refractivity contribution in [2.45, 2.75) is 33.0 Å². The summed E-state index contributed by atoms with van der Waals surface area (Å²) < 4.78 is 64.4. The molecule has 0 heterocycles. The third-order valence-corrected chi connectivity index (χ3v) is 4.19. The molecule has 0 aromatic heterocycles. The maximum absolute atomic E-state index is 12.9. The van der Waals surface area contributed by atoms with Crippen molar-refractivity contribution in [3.05, 3.63) is 29.3 Å². The Morgan fingerprint density at radius 3 is 2.38 bits per heavy atom. The zero-order valence-electron chi connectivity index (χ0n) is 11.9. The second kappa shape index (κ2) is 6.65. The number of hydrogen-bond donors (Lipinski definition) is 2. The fourth-order valence-corrected chi connectivity index (χ4v) is 3.07. The van der Waals surface area contributed by atoms with Gasteiger partial charge in [-0.1, -0.05) is 19.9 Å². The number of halogens is 3. The van der Waals surface area contributed by atoms with E-state index in [1.54, 1.807) is 0 Å². The second-order valence-electron chi connectivity index (χ2n) is 5.18. The minimum absolute atomic E-state index is 0.0763. The molecule has 0 spiro atoms. The van der Waals surface area contributed by atoms with E-state index in [1.807, 2.05) is 13.8 Å². The molecule has 0 aliphatic carbocycles. The molecule has 120 valence electrons. The van der Waals surface area contributed by atoms with Gasteiger partial charge in [-0.05, 0) is 30.0 Å². The Morgan fingerprint density at radius 1 is 1.29 bits per heavy atom. The predicted molar refractivity (Wildman–Crippen MR) is 76.2 cm³/mol. The van der Waals surface area contributed by atoms with Gasteiger partial charge in [-0.15, -0.1) is 0 Å². The van der Waals surface area contributed by atoms with Crippen LogP contribution >= 0.6 is 0 Å². The van der Waals surface area contributed by atoms with Crippen LogP contribution in [-0.2, 0) is 22.7 Å². The normalized spacial score (nSPS) is 12.7. The van der Waals surface area contributed by atoms with Gasteiger partial charge < -0.3 is 5.73 Å². The molecule has 0 radical (unpaired) electrons. The van der Waals surface area contributed by atoms with Gasteiger partial charge in [0.2, 0.25) is 10.0 Å². The highest BCUT2D eigenvalue weighted by Crippen LogP contribution is 2.33. The van der Waals surface area contributed by atoms with Crippen molar-refractivity contribution in [1.29, 1.82) is 0 Å². The number of nitrogens with one attached hydrogen (secondary N) is 1. The predicted octanol–water partition coefficient (Wildman–Crippen LogP) is 2.95. The van der Waals surface area contributed by atoms with E-state index in [0.29, 0.717) is 6.42 Å². The molecule has 0 aliphatic heterocycles. The van der Waals surface area contributed by atoms with Crippen LogP contribution in [0.3, 0.4) is 0 Å². The molecule has 0 unspecified atom stereocenters. The molecule has 1 aromatic rings. The van der Waals surface area contributed by atoms with Crippen molar-refractivity contribution >= 4 is 15.7 Å². The lowest BCUT2D eigenvalue weighted by Crippen LogP contribution is -2.19. The quantitative estimate of drug-likeness (QED) is 0.845. The van der Waals surface area contributed by atoms with Gasteiger partial charge in [0, 0.05) is 12.2 Å². The maximum Gasteiger partial charge on any atom is 0.416 e. The Labute approximate surface area is 122 Å². The summed E-state index contributed by atoms with van der Waals surface area (Å²) >= 11 is 0. The van der Waals surface area contributed by atoms with Crippen molar-refractivity contribution < 1.29 is 21.6 Å². The lowest BCUT2D eigenvalue weighted by Gasteiger charge is -2.15. The first-order valence-electron chi connectivity index (χ1n) is 6.46. The van der Waals surface area contributed by atoms with Crippen LogP contribution < -0.4 is 10.5 Å². The number of anilines is 1.